The Morgan fingerprint density at radius 3 is 2.08 bits per heavy atom. The molecular formula is C7H17N2O3P. The zero-order chi connectivity index (χ0) is 10.9. The molecule has 0 fully saturated rings. The van der Waals surface area contributed by atoms with Crippen molar-refractivity contribution in [3.05, 3.63) is 0 Å². The molecule has 0 rings (SSSR count). The highest BCUT2D eigenvalue weighted by atomic mass is 31.2. The normalized spacial score (nSPS) is 13.2. The van der Waals surface area contributed by atoms with Crippen LogP contribution in [0.4, 0.5) is 0 Å². The number of carbonyl (C=O) groups excluding carboxylic acids is 1. The van der Waals surface area contributed by atoms with Crippen LogP contribution in [0.5, 0.6) is 0 Å². The number of hydrogen-bond donors (Lipinski definition) is 2. The van der Waals surface area contributed by atoms with E-state index in [-0.39, 0.29) is 0 Å². The lowest BCUT2D eigenvalue weighted by atomic mass is 10.1. The van der Waals surface area contributed by atoms with E-state index in [9.17, 15) is 9.36 Å². The van der Waals surface area contributed by atoms with Crippen molar-refractivity contribution in [1.29, 1.82) is 0 Å². The smallest absolute Gasteiger partial charge is 0.263 e. The minimum Gasteiger partial charge on any atom is -0.307 e. The first-order chi connectivity index (χ1) is 5.64. The van der Waals surface area contributed by atoms with Crippen LogP contribution in [0.15, 0.2) is 0 Å². The molecule has 0 radical (unpaired) electrons. The van der Waals surface area contributed by atoms with E-state index in [1.165, 1.54) is 4.67 Å². The minimum atomic E-state index is -2.48. The van der Waals surface area contributed by atoms with Gasteiger partial charge in [-0.05, 0) is 20.9 Å². The van der Waals surface area contributed by atoms with Gasteiger partial charge in [0.05, 0.1) is 0 Å². The summed E-state index contributed by atoms with van der Waals surface area (Å²) in [7, 11) is -0.891. The van der Waals surface area contributed by atoms with Gasteiger partial charge in [-0.1, -0.05) is 0 Å². The molecule has 0 atom stereocenters. The highest BCUT2D eigenvalue weighted by Gasteiger charge is 2.37. The topological polar surface area (TPSA) is 69.6 Å². The summed E-state index contributed by atoms with van der Waals surface area (Å²) in [6, 6.07) is 0. The van der Waals surface area contributed by atoms with Crippen LogP contribution in [0, 0.1) is 0 Å². The van der Waals surface area contributed by atoms with Crippen molar-refractivity contribution in [3.8, 4) is 0 Å². The van der Waals surface area contributed by atoms with E-state index in [1.807, 2.05) is 0 Å². The van der Waals surface area contributed by atoms with Gasteiger partial charge >= 0.3 is 0 Å². The van der Waals surface area contributed by atoms with Gasteiger partial charge in [0.2, 0.25) is 0 Å². The van der Waals surface area contributed by atoms with Crippen LogP contribution in [-0.4, -0.2) is 41.7 Å². The maximum atomic E-state index is 11.6. The Labute approximate surface area is 78.5 Å². The predicted octanol–water partition coefficient (Wildman–Crippen LogP) is 0.740. The van der Waals surface area contributed by atoms with Crippen LogP contribution in [0.2, 0.25) is 0 Å². The van der Waals surface area contributed by atoms with Crippen LogP contribution in [0.3, 0.4) is 0 Å². The number of hydroxylamine groups is 1. The Morgan fingerprint density at radius 2 is 1.85 bits per heavy atom. The highest BCUT2D eigenvalue weighted by Crippen LogP contribution is 2.44. The third-order valence-corrected chi connectivity index (χ3v) is 4.13. The molecule has 6 heteroatoms. The average molecular weight is 208 g/mol. The molecule has 13 heavy (non-hydrogen) atoms. The Bertz CT molecular complexity index is 246. The molecule has 0 bridgehead atoms. The van der Waals surface area contributed by atoms with Gasteiger partial charge in [-0.25, -0.2) is 10.2 Å². The molecular weight excluding hydrogens is 191 g/mol. The van der Waals surface area contributed by atoms with Crippen LogP contribution in [-0.2, 0) is 9.36 Å². The van der Waals surface area contributed by atoms with Gasteiger partial charge in [-0.3, -0.25) is 10.0 Å². The monoisotopic (exact) mass is 208 g/mol. The zero-order valence-corrected chi connectivity index (χ0v) is 9.55. The second-order valence-electron chi connectivity index (χ2n) is 3.82. The third-order valence-electron chi connectivity index (χ3n) is 2.19. The summed E-state index contributed by atoms with van der Waals surface area (Å²) in [6.07, 6.45) is 0. The molecule has 5 nitrogen and oxygen atoms in total. The van der Waals surface area contributed by atoms with Crippen molar-refractivity contribution in [1.82, 2.24) is 10.2 Å². The molecule has 78 valence electrons. The molecule has 0 saturated carbocycles. The molecule has 0 aromatic carbocycles. The van der Waals surface area contributed by atoms with Crippen LogP contribution < -0.4 is 5.48 Å². The average Bonchev–Trinajstić information content (AvgIpc) is 1.99. The molecule has 1 amide bonds. The fourth-order valence-electron chi connectivity index (χ4n) is 0.886. The van der Waals surface area contributed by atoms with Crippen LogP contribution >= 0.6 is 7.29 Å². The van der Waals surface area contributed by atoms with E-state index in [0.29, 0.717) is 0 Å². The summed E-state index contributed by atoms with van der Waals surface area (Å²) in [4.78, 5) is 11.2. The van der Waals surface area contributed by atoms with Crippen molar-refractivity contribution in [2.75, 3.05) is 20.4 Å². The van der Waals surface area contributed by atoms with Crippen molar-refractivity contribution in [2.24, 2.45) is 0 Å². The number of rotatable bonds is 3. The Kier molecular flexibility index (Phi) is 3.67. The van der Waals surface area contributed by atoms with Crippen molar-refractivity contribution in [2.45, 2.75) is 19.4 Å². The molecule has 0 saturated heterocycles. The number of hydrogen-bond acceptors (Lipinski definition) is 3. The molecule has 0 aliphatic heterocycles. The predicted molar refractivity (Wildman–Crippen MR) is 51.2 cm³/mol. The van der Waals surface area contributed by atoms with Gasteiger partial charge < -0.3 is 4.57 Å². The van der Waals surface area contributed by atoms with E-state index in [2.05, 4.69) is 0 Å². The summed E-state index contributed by atoms with van der Waals surface area (Å²) in [5, 5.41) is 8.47. The van der Waals surface area contributed by atoms with Crippen molar-refractivity contribution in [3.63, 3.8) is 0 Å². The lowest BCUT2D eigenvalue weighted by Gasteiger charge is -2.35. The molecule has 0 aromatic rings. The van der Waals surface area contributed by atoms with E-state index < -0.39 is 18.7 Å². The molecule has 0 spiro atoms. The summed E-state index contributed by atoms with van der Waals surface area (Å²) in [5.41, 5.74) is 0.578. The number of nitrogens with zero attached hydrogens (tertiary/aromatic N) is 1. The van der Waals surface area contributed by atoms with Crippen LogP contribution in [0.1, 0.15) is 13.8 Å². The number of amides is 1. The quantitative estimate of drug-likeness (QED) is 0.407. The number of nitrogens with one attached hydrogen (secondary N) is 1. The maximum absolute atomic E-state index is 11.6. The first kappa shape index (κ1) is 12.6. The summed E-state index contributed by atoms with van der Waals surface area (Å²) in [6.45, 7) is 6.33. The lowest BCUT2D eigenvalue weighted by molar-refractivity contribution is -0.137. The van der Waals surface area contributed by atoms with Gasteiger partial charge in [0.25, 0.3) is 5.91 Å². The van der Waals surface area contributed by atoms with E-state index in [0.717, 1.165) is 0 Å². The van der Waals surface area contributed by atoms with Crippen LogP contribution in [0.25, 0.3) is 0 Å². The third kappa shape index (κ3) is 2.79. The molecule has 0 heterocycles. The highest BCUT2D eigenvalue weighted by molar-refractivity contribution is 7.59. The van der Waals surface area contributed by atoms with E-state index >= 15 is 0 Å². The molecule has 0 aliphatic rings. The molecule has 0 unspecified atom stereocenters. The SMILES string of the molecule is CN(C(C)(C)C(=O)NO)P(C)(C)=O. The fraction of sp³-hybridized carbons (Fsp3) is 0.857. The Morgan fingerprint density at radius 1 is 1.46 bits per heavy atom. The van der Waals surface area contributed by atoms with Gasteiger partial charge in [-0.2, -0.15) is 0 Å². The summed E-state index contributed by atoms with van der Waals surface area (Å²) >= 11 is 0. The standard InChI is InChI=1S/C7H17N2O3P/c1-7(2,6(10)8-11)9(3)13(4,5)12/h11H,1-5H3,(H,8,10). The Balaban J connectivity index is 4.84. The number of likely N-dealkylation sites (N-methyl/N-ethyl adjacent to an activating group) is 1. The molecule has 2 N–H and O–H groups in total. The van der Waals surface area contributed by atoms with Gasteiger partial charge in [0.15, 0.2) is 0 Å². The second-order valence-corrected chi connectivity index (χ2v) is 7.01. The van der Waals surface area contributed by atoms with Gasteiger partial charge in [0, 0.05) is 13.3 Å². The first-order valence-electron chi connectivity index (χ1n) is 3.88. The Hall–Kier alpha value is -0.380. The van der Waals surface area contributed by atoms with Crippen molar-refractivity contribution < 1.29 is 14.6 Å². The van der Waals surface area contributed by atoms with Crippen molar-refractivity contribution >= 4 is 13.2 Å². The number of carbonyl (C=O) groups is 1. The minimum absolute atomic E-state index is 0.570. The second kappa shape index (κ2) is 3.78. The summed E-state index contributed by atoms with van der Waals surface area (Å²) in [5.74, 6) is -0.570. The molecule has 0 aliphatic carbocycles. The molecule has 0 aromatic heterocycles. The van der Waals surface area contributed by atoms with Gasteiger partial charge in [-0.15, -0.1) is 0 Å². The van der Waals surface area contributed by atoms with Gasteiger partial charge in [0.1, 0.15) is 12.8 Å². The zero-order valence-electron chi connectivity index (χ0n) is 8.66. The first-order valence-corrected chi connectivity index (χ1v) is 6.43. The summed E-state index contributed by atoms with van der Waals surface area (Å²) < 4.78 is 13.1. The van der Waals surface area contributed by atoms with E-state index in [4.69, 9.17) is 5.21 Å². The fourth-order valence-corrected chi connectivity index (χ4v) is 2.18. The largest absolute Gasteiger partial charge is 0.307 e. The maximum Gasteiger partial charge on any atom is 0.263 e. The lowest BCUT2D eigenvalue weighted by Crippen LogP contribution is -2.50. The van der Waals surface area contributed by atoms with E-state index in [1.54, 1.807) is 39.7 Å².